The van der Waals surface area contributed by atoms with Gasteiger partial charge in [-0.15, -0.1) is 0 Å². The number of nitro groups is 1. The Bertz CT molecular complexity index is 480. The standard InChI is InChI=1S/C9H9N3O3S/c1-6(7-3-2-4-15-7)11-9-10-5-8(16-9)12(13)14/h2-6H,1H3,(H,10,11). The zero-order valence-corrected chi connectivity index (χ0v) is 9.23. The molecule has 0 spiro atoms. The number of rotatable bonds is 4. The fourth-order valence-corrected chi connectivity index (χ4v) is 1.93. The zero-order chi connectivity index (χ0) is 11.5. The van der Waals surface area contributed by atoms with E-state index < -0.39 is 4.92 Å². The summed E-state index contributed by atoms with van der Waals surface area (Å²) in [6.45, 7) is 1.89. The molecule has 2 rings (SSSR count). The third kappa shape index (κ3) is 2.19. The molecule has 0 aliphatic carbocycles. The second-order valence-electron chi connectivity index (χ2n) is 3.14. The molecule has 1 atom stereocenters. The van der Waals surface area contributed by atoms with Crippen molar-refractivity contribution in [2.24, 2.45) is 0 Å². The van der Waals surface area contributed by atoms with Crippen molar-refractivity contribution < 1.29 is 9.34 Å². The number of anilines is 1. The van der Waals surface area contributed by atoms with Gasteiger partial charge in [-0.1, -0.05) is 0 Å². The molecule has 0 saturated heterocycles. The summed E-state index contributed by atoms with van der Waals surface area (Å²) in [5.41, 5.74) is 0. The lowest BCUT2D eigenvalue weighted by Crippen LogP contribution is -2.04. The summed E-state index contributed by atoms with van der Waals surface area (Å²) in [5, 5.41) is 14.0. The van der Waals surface area contributed by atoms with Gasteiger partial charge in [0.25, 0.3) is 0 Å². The van der Waals surface area contributed by atoms with Crippen molar-refractivity contribution in [1.29, 1.82) is 0 Å². The average molecular weight is 239 g/mol. The molecule has 0 aliphatic rings. The number of nitrogens with one attached hydrogen (secondary N) is 1. The lowest BCUT2D eigenvalue weighted by atomic mass is 10.3. The Kier molecular flexibility index (Phi) is 2.86. The van der Waals surface area contributed by atoms with Gasteiger partial charge in [-0.2, -0.15) is 0 Å². The van der Waals surface area contributed by atoms with Gasteiger partial charge in [-0.05, 0) is 30.4 Å². The van der Waals surface area contributed by atoms with Crippen LogP contribution in [0.4, 0.5) is 10.1 Å². The van der Waals surface area contributed by atoms with Crippen LogP contribution < -0.4 is 5.32 Å². The normalized spacial score (nSPS) is 12.3. The quantitative estimate of drug-likeness (QED) is 0.655. The summed E-state index contributed by atoms with van der Waals surface area (Å²) in [6.07, 6.45) is 2.82. The number of hydrogen-bond acceptors (Lipinski definition) is 6. The molecule has 0 radical (unpaired) electrons. The lowest BCUT2D eigenvalue weighted by molar-refractivity contribution is -0.380. The summed E-state index contributed by atoms with van der Waals surface area (Å²) in [5.74, 6) is 0.762. The largest absolute Gasteiger partial charge is 0.467 e. The molecule has 0 fully saturated rings. The SMILES string of the molecule is CC(Nc1ncc([N+](=O)[O-])s1)c1ccco1. The Morgan fingerprint density at radius 1 is 1.69 bits per heavy atom. The highest BCUT2D eigenvalue weighted by molar-refractivity contribution is 7.18. The minimum absolute atomic E-state index is 0.0224. The molecule has 0 aliphatic heterocycles. The molecule has 16 heavy (non-hydrogen) atoms. The number of thiazole rings is 1. The summed E-state index contributed by atoms with van der Waals surface area (Å²) >= 11 is 1.00. The van der Waals surface area contributed by atoms with E-state index in [2.05, 4.69) is 10.3 Å². The molecule has 0 saturated carbocycles. The second-order valence-corrected chi connectivity index (χ2v) is 4.15. The topological polar surface area (TPSA) is 81.2 Å². The monoisotopic (exact) mass is 239 g/mol. The molecule has 2 heterocycles. The number of hydrogen-bond donors (Lipinski definition) is 1. The number of aromatic nitrogens is 1. The first kappa shape index (κ1) is 10.6. The van der Waals surface area contributed by atoms with Gasteiger partial charge in [-0.3, -0.25) is 10.1 Å². The van der Waals surface area contributed by atoms with Gasteiger partial charge in [0.2, 0.25) is 0 Å². The summed E-state index contributed by atoms with van der Waals surface area (Å²) < 4.78 is 5.20. The average Bonchev–Trinajstić information content (AvgIpc) is 2.87. The van der Waals surface area contributed by atoms with Crippen LogP contribution in [-0.2, 0) is 0 Å². The van der Waals surface area contributed by atoms with Crippen LogP contribution >= 0.6 is 11.3 Å². The van der Waals surface area contributed by atoms with Crippen LogP contribution in [0.1, 0.15) is 18.7 Å². The molecular weight excluding hydrogens is 230 g/mol. The minimum Gasteiger partial charge on any atom is -0.467 e. The maximum Gasteiger partial charge on any atom is 0.345 e. The smallest absolute Gasteiger partial charge is 0.345 e. The van der Waals surface area contributed by atoms with E-state index in [0.717, 1.165) is 17.1 Å². The Morgan fingerprint density at radius 3 is 3.06 bits per heavy atom. The van der Waals surface area contributed by atoms with Crippen molar-refractivity contribution in [3.63, 3.8) is 0 Å². The van der Waals surface area contributed by atoms with E-state index in [1.165, 1.54) is 6.20 Å². The number of furan rings is 1. The Balaban J connectivity index is 2.06. The fraction of sp³-hybridized carbons (Fsp3) is 0.222. The van der Waals surface area contributed by atoms with Crippen molar-refractivity contribution in [1.82, 2.24) is 4.98 Å². The van der Waals surface area contributed by atoms with Crippen molar-refractivity contribution in [2.45, 2.75) is 13.0 Å². The van der Waals surface area contributed by atoms with Gasteiger partial charge >= 0.3 is 5.00 Å². The van der Waals surface area contributed by atoms with Gasteiger partial charge in [0, 0.05) is 0 Å². The first-order valence-corrected chi connectivity index (χ1v) is 5.38. The molecular formula is C9H9N3O3S. The minimum atomic E-state index is -0.458. The van der Waals surface area contributed by atoms with E-state index in [1.807, 2.05) is 13.0 Å². The molecule has 84 valence electrons. The van der Waals surface area contributed by atoms with E-state index in [4.69, 9.17) is 4.42 Å². The van der Waals surface area contributed by atoms with Crippen molar-refractivity contribution in [2.75, 3.05) is 5.32 Å². The molecule has 2 aromatic rings. The third-order valence-corrected chi connectivity index (χ3v) is 2.86. The molecule has 0 amide bonds. The number of nitrogens with zero attached hydrogens (tertiary/aromatic N) is 2. The Labute approximate surface area is 95.1 Å². The molecule has 6 nitrogen and oxygen atoms in total. The predicted molar refractivity (Wildman–Crippen MR) is 59.5 cm³/mol. The van der Waals surface area contributed by atoms with Crippen LogP contribution in [0.15, 0.2) is 29.0 Å². The van der Waals surface area contributed by atoms with Gasteiger partial charge in [0.15, 0.2) is 5.13 Å². The van der Waals surface area contributed by atoms with Crippen LogP contribution in [0.25, 0.3) is 0 Å². The van der Waals surface area contributed by atoms with E-state index in [-0.39, 0.29) is 11.0 Å². The fourth-order valence-electron chi connectivity index (χ4n) is 1.21. The third-order valence-electron chi connectivity index (χ3n) is 1.98. The maximum absolute atomic E-state index is 10.5. The molecule has 0 aromatic carbocycles. The van der Waals surface area contributed by atoms with Crippen molar-refractivity contribution >= 4 is 21.5 Å². The van der Waals surface area contributed by atoms with Crippen LogP contribution in [0.5, 0.6) is 0 Å². The van der Waals surface area contributed by atoms with Crippen molar-refractivity contribution in [3.8, 4) is 0 Å². The van der Waals surface area contributed by atoms with Crippen LogP contribution in [0.3, 0.4) is 0 Å². The van der Waals surface area contributed by atoms with Crippen LogP contribution in [-0.4, -0.2) is 9.91 Å². The summed E-state index contributed by atoms with van der Waals surface area (Å²) in [6, 6.07) is 3.55. The maximum atomic E-state index is 10.5. The molecule has 1 N–H and O–H groups in total. The molecule has 2 aromatic heterocycles. The molecule has 7 heteroatoms. The highest BCUT2D eigenvalue weighted by Gasteiger charge is 2.14. The zero-order valence-electron chi connectivity index (χ0n) is 8.41. The summed E-state index contributed by atoms with van der Waals surface area (Å²) in [4.78, 5) is 13.9. The highest BCUT2D eigenvalue weighted by atomic mass is 32.1. The molecule has 0 bridgehead atoms. The predicted octanol–water partition coefficient (Wildman–Crippen LogP) is 2.82. The first-order valence-electron chi connectivity index (χ1n) is 4.57. The lowest BCUT2D eigenvalue weighted by Gasteiger charge is -2.08. The Morgan fingerprint density at radius 2 is 2.50 bits per heavy atom. The van der Waals surface area contributed by atoms with E-state index in [0.29, 0.717) is 5.13 Å². The highest BCUT2D eigenvalue weighted by Crippen LogP contribution is 2.28. The van der Waals surface area contributed by atoms with Gasteiger partial charge in [-0.25, -0.2) is 4.98 Å². The van der Waals surface area contributed by atoms with Crippen LogP contribution in [0, 0.1) is 10.1 Å². The van der Waals surface area contributed by atoms with Crippen molar-refractivity contribution in [3.05, 3.63) is 40.5 Å². The first-order chi connectivity index (χ1) is 7.66. The van der Waals surface area contributed by atoms with Gasteiger partial charge in [0.1, 0.15) is 12.0 Å². The molecule has 1 unspecified atom stereocenters. The Hall–Kier alpha value is -1.89. The second kappa shape index (κ2) is 4.31. The van der Waals surface area contributed by atoms with Gasteiger partial charge < -0.3 is 9.73 Å². The van der Waals surface area contributed by atoms with Gasteiger partial charge in [0.05, 0.1) is 17.2 Å². The van der Waals surface area contributed by atoms with E-state index in [1.54, 1.807) is 12.3 Å². The van der Waals surface area contributed by atoms with E-state index >= 15 is 0 Å². The summed E-state index contributed by atoms with van der Waals surface area (Å²) in [7, 11) is 0. The van der Waals surface area contributed by atoms with Crippen LogP contribution in [0.2, 0.25) is 0 Å². The van der Waals surface area contributed by atoms with E-state index in [9.17, 15) is 10.1 Å².